The molecule has 0 aromatic rings. The third-order valence-corrected chi connectivity index (χ3v) is 7.28. The Morgan fingerprint density at radius 3 is 1.72 bits per heavy atom. The molecular weight excluding hydrogens is 348 g/mol. The zero-order chi connectivity index (χ0) is 19.7. The average molecular weight is 389 g/mol. The van der Waals surface area contributed by atoms with E-state index in [0.717, 1.165) is 31.7 Å². The maximum Gasteiger partial charge on any atom is 0.333 e. The van der Waals surface area contributed by atoms with Crippen LogP contribution in [0.5, 0.6) is 0 Å². The second-order valence-corrected chi connectivity index (χ2v) is 20.7. The highest BCUT2D eigenvalue weighted by molar-refractivity contribution is 6.76. The van der Waals surface area contributed by atoms with Gasteiger partial charge >= 0.3 is 5.97 Å². The maximum atomic E-state index is 11.5. The summed E-state index contributed by atoms with van der Waals surface area (Å²) in [6.07, 6.45) is 1.43. The molecule has 0 rings (SSSR count). The van der Waals surface area contributed by atoms with Crippen molar-refractivity contribution in [1.29, 1.82) is 0 Å². The Morgan fingerprint density at radius 1 is 0.920 bits per heavy atom. The van der Waals surface area contributed by atoms with Crippen LogP contribution in [0.2, 0.25) is 51.4 Å². The minimum atomic E-state index is -1.14. The molecular formula is C19H40O4Si2. The van der Waals surface area contributed by atoms with E-state index in [1.54, 1.807) is 6.92 Å². The average Bonchev–Trinajstić information content (AvgIpc) is 2.40. The number of hydrogen-bond donors (Lipinski definition) is 0. The van der Waals surface area contributed by atoms with Gasteiger partial charge in [0.15, 0.2) is 5.79 Å². The number of carbonyl (C=O) groups is 1. The fraction of sp³-hybridized carbons (Fsp3) is 0.842. The van der Waals surface area contributed by atoms with E-state index in [1.807, 2.05) is 6.92 Å². The highest BCUT2D eigenvalue weighted by Gasteiger charge is 2.28. The quantitative estimate of drug-likeness (QED) is 0.141. The monoisotopic (exact) mass is 388 g/mol. The summed E-state index contributed by atoms with van der Waals surface area (Å²) < 4.78 is 17.5. The Balaban J connectivity index is 4.49. The van der Waals surface area contributed by atoms with E-state index in [-0.39, 0.29) is 5.97 Å². The lowest BCUT2D eigenvalue weighted by molar-refractivity contribution is -0.226. The predicted octanol–water partition coefficient (Wildman–Crippen LogP) is 5.31. The standard InChI is InChI=1S/C19H40O4Si2/c1-17(2)18(20)21-12-10-11-19(3,22-13-15-24(4,5)6)23-14-16-25(7,8)9/h1,10-16H2,2-9H3. The maximum absolute atomic E-state index is 11.5. The van der Waals surface area contributed by atoms with Gasteiger partial charge in [0.1, 0.15) is 0 Å². The topological polar surface area (TPSA) is 44.8 Å². The van der Waals surface area contributed by atoms with Gasteiger partial charge in [-0.25, -0.2) is 4.79 Å². The van der Waals surface area contributed by atoms with Crippen molar-refractivity contribution < 1.29 is 19.0 Å². The lowest BCUT2D eigenvalue weighted by Gasteiger charge is -2.32. The van der Waals surface area contributed by atoms with E-state index in [0.29, 0.717) is 18.6 Å². The van der Waals surface area contributed by atoms with E-state index in [2.05, 4.69) is 45.9 Å². The van der Waals surface area contributed by atoms with Gasteiger partial charge < -0.3 is 14.2 Å². The molecule has 0 aromatic heterocycles. The smallest absolute Gasteiger partial charge is 0.333 e. The van der Waals surface area contributed by atoms with Crippen LogP contribution < -0.4 is 0 Å². The summed E-state index contributed by atoms with van der Waals surface area (Å²) in [6.45, 7) is 23.2. The van der Waals surface area contributed by atoms with Gasteiger partial charge in [0, 0.05) is 41.4 Å². The van der Waals surface area contributed by atoms with Crippen molar-refractivity contribution in [3.8, 4) is 0 Å². The summed E-state index contributed by atoms with van der Waals surface area (Å²) in [6, 6.07) is 2.23. The first kappa shape index (κ1) is 24.6. The number of esters is 1. The molecule has 6 heteroatoms. The number of carbonyl (C=O) groups excluding carboxylic acids is 1. The van der Waals surface area contributed by atoms with Crippen LogP contribution in [0.25, 0.3) is 0 Å². The fourth-order valence-electron chi connectivity index (χ4n) is 2.01. The molecule has 0 spiro atoms. The Morgan fingerprint density at radius 2 is 1.36 bits per heavy atom. The van der Waals surface area contributed by atoms with Crippen LogP contribution in [0, 0.1) is 0 Å². The first-order valence-electron chi connectivity index (χ1n) is 9.35. The molecule has 0 unspecified atom stereocenters. The van der Waals surface area contributed by atoms with E-state index in [1.165, 1.54) is 0 Å². The summed E-state index contributed by atoms with van der Waals surface area (Å²) >= 11 is 0. The largest absolute Gasteiger partial charge is 0.462 e. The lowest BCUT2D eigenvalue weighted by atomic mass is 10.1. The summed E-state index contributed by atoms with van der Waals surface area (Å²) in [5.74, 6) is -0.935. The van der Waals surface area contributed by atoms with Gasteiger partial charge in [0.2, 0.25) is 0 Å². The molecule has 0 N–H and O–H groups in total. The third kappa shape index (κ3) is 14.4. The van der Waals surface area contributed by atoms with Crippen molar-refractivity contribution in [1.82, 2.24) is 0 Å². The van der Waals surface area contributed by atoms with Gasteiger partial charge in [-0.05, 0) is 32.4 Å². The molecule has 25 heavy (non-hydrogen) atoms. The van der Waals surface area contributed by atoms with E-state index in [4.69, 9.17) is 14.2 Å². The summed E-state index contributed by atoms with van der Waals surface area (Å²) in [5, 5.41) is 0. The predicted molar refractivity (Wildman–Crippen MR) is 112 cm³/mol. The first-order valence-corrected chi connectivity index (χ1v) is 16.8. The molecule has 0 fully saturated rings. The van der Waals surface area contributed by atoms with Crippen molar-refractivity contribution >= 4 is 22.1 Å². The van der Waals surface area contributed by atoms with Crippen molar-refractivity contribution in [3.05, 3.63) is 12.2 Å². The molecule has 0 aliphatic heterocycles. The molecule has 148 valence electrons. The Labute approximate surface area is 157 Å². The van der Waals surface area contributed by atoms with Crippen molar-refractivity contribution in [2.75, 3.05) is 19.8 Å². The van der Waals surface area contributed by atoms with Gasteiger partial charge in [-0.1, -0.05) is 45.9 Å². The van der Waals surface area contributed by atoms with Gasteiger partial charge in [-0.15, -0.1) is 0 Å². The summed E-state index contributed by atoms with van der Waals surface area (Å²) in [7, 11) is -2.27. The Kier molecular flexibility index (Phi) is 10.5. The van der Waals surface area contributed by atoms with Gasteiger partial charge in [-0.3, -0.25) is 0 Å². The molecule has 4 nitrogen and oxygen atoms in total. The van der Waals surface area contributed by atoms with E-state index >= 15 is 0 Å². The lowest BCUT2D eigenvalue weighted by Crippen LogP contribution is -2.36. The van der Waals surface area contributed by atoms with Crippen LogP contribution in [-0.2, 0) is 19.0 Å². The second-order valence-electron chi connectivity index (χ2n) is 9.47. The minimum absolute atomic E-state index is 0.332. The van der Waals surface area contributed by atoms with Gasteiger partial charge in [-0.2, -0.15) is 0 Å². The van der Waals surface area contributed by atoms with Crippen molar-refractivity contribution in [3.63, 3.8) is 0 Å². The van der Waals surface area contributed by atoms with Gasteiger partial charge in [0.05, 0.1) is 6.61 Å². The van der Waals surface area contributed by atoms with Crippen LogP contribution in [0.1, 0.15) is 26.7 Å². The molecule has 0 saturated heterocycles. The molecule has 0 bridgehead atoms. The first-order chi connectivity index (χ1) is 11.2. The van der Waals surface area contributed by atoms with Gasteiger partial charge in [0.25, 0.3) is 0 Å². The van der Waals surface area contributed by atoms with Crippen molar-refractivity contribution in [2.45, 2.75) is 83.8 Å². The molecule has 0 aromatic carbocycles. The van der Waals surface area contributed by atoms with E-state index in [9.17, 15) is 4.79 Å². The van der Waals surface area contributed by atoms with Crippen LogP contribution in [-0.4, -0.2) is 47.7 Å². The molecule has 0 radical (unpaired) electrons. The van der Waals surface area contributed by atoms with Crippen LogP contribution in [0.3, 0.4) is 0 Å². The summed E-state index contributed by atoms with van der Waals surface area (Å²) in [5.41, 5.74) is 0.431. The normalized spacial score (nSPS) is 13.0. The Hall–Kier alpha value is -0.436. The van der Waals surface area contributed by atoms with Crippen LogP contribution in [0.15, 0.2) is 12.2 Å². The molecule has 0 aliphatic carbocycles. The number of ether oxygens (including phenoxy) is 3. The zero-order valence-corrected chi connectivity index (χ0v) is 19.8. The minimum Gasteiger partial charge on any atom is -0.462 e. The molecule has 0 amide bonds. The van der Waals surface area contributed by atoms with Crippen LogP contribution >= 0.6 is 0 Å². The van der Waals surface area contributed by atoms with Crippen LogP contribution in [0.4, 0.5) is 0 Å². The molecule has 0 heterocycles. The van der Waals surface area contributed by atoms with Crippen molar-refractivity contribution in [2.24, 2.45) is 0 Å². The molecule has 0 saturated carbocycles. The molecule has 0 aliphatic rings. The second kappa shape index (κ2) is 10.6. The third-order valence-electron chi connectivity index (χ3n) is 3.88. The van der Waals surface area contributed by atoms with E-state index < -0.39 is 21.9 Å². The highest BCUT2D eigenvalue weighted by Crippen LogP contribution is 2.23. The molecule has 0 atom stereocenters. The fourth-order valence-corrected chi connectivity index (χ4v) is 3.44. The number of hydrogen-bond acceptors (Lipinski definition) is 4. The SMILES string of the molecule is C=C(C)C(=O)OCCCC(C)(OCC[Si](C)(C)C)OCC[Si](C)(C)C. The highest BCUT2D eigenvalue weighted by atomic mass is 28.3. The summed E-state index contributed by atoms with van der Waals surface area (Å²) in [4.78, 5) is 11.5. The Bertz CT molecular complexity index is 402. The number of rotatable bonds is 13. The zero-order valence-electron chi connectivity index (χ0n) is 17.8.